The minimum atomic E-state index is -0.477. The highest BCUT2D eigenvalue weighted by Crippen LogP contribution is 2.29. The molecule has 2 unspecified atom stereocenters. The van der Waals surface area contributed by atoms with E-state index in [-0.39, 0.29) is 0 Å². The first-order valence-electron chi connectivity index (χ1n) is 6.73. The van der Waals surface area contributed by atoms with E-state index in [2.05, 4.69) is 17.2 Å². The van der Waals surface area contributed by atoms with Crippen LogP contribution in [-0.2, 0) is 0 Å². The fraction of sp³-hybridized carbons (Fsp3) is 0.571. The van der Waals surface area contributed by atoms with Crippen LogP contribution in [0.25, 0.3) is 0 Å². The van der Waals surface area contributed by atoms with E-state index in [9.17, 15) is 4.79 Å². The number of primary amides is 1. The van der Waals surface area contributed by atoms with E-state index < -0.39 is 5.91 Å². The molecule has 0 radical (unpaired) electrons. The summed E-state index contributed by atoms with van der Waals surface area (Å²) in [7, 11) is 0. The van der Waals surface area contributed by atoms with Gasteiger partial charge in [0, 0.05) is 17.9 Å². The Labute approximate surface area is 108 Å². The van der Waals surface area contributed by atoms with Crippen molar-refractivity contribution in [1.29, 1.82) is 0 Å². The van der Waals surface area contributed by atoms with Crippen molar-refractivity contribution in [2.45, 2.75) is 45.1 Å². The van der Waals surface area contributed by atoms with Gasteiger partial charge >= 0.3 is 0 Å². The van der Waals surface area contributed by atoms with Crippen LogP contribution >= 0.6 is 0 Å². The van der Waals surface area contributed by atoms with Crippen LogP contribution in [0.15, 0.2) is 18.3 Å². The molecule has 4 heteroatoms. The summed E-state index contributed by atoms with van der Waals surface area (Å²) in [5, 5.41) is 3.53. The minimum Gasteiger partial charge on any atom is -0.382 e. The third kappa shape index (κ3) is 3.00. The lowest BCUT2D eigenvalue weighted by molar-refractivity contribution is 0.0995. The standard InChI is InChI=1S/C14H21N3O/c1-2-10-5-3-4-6-12(10)17-11-7-8-16-13(9-11)14(15)18/h7-10,12H,2-6H2,1H3,(H2,15,18)(H,16,17). The molecule has 1 aromatic rings. The molecule has 1 aliphatic carbocycles. The molecule has 0 saturated heterocycles. The molecule has 2 rings (SSSR count). The van der Waals surface area contributed by atoms with Gasteiger partial charge in [-0.1, -0.05) is 26.2 Å². The monoisotopic (exact) mass is 247 g/mol. The van der Waals surface area contributed by atoms with Gasteiger partial charge in [-0.2, -0.15) is 0 Å². The second-order valence-corrected chi connectivity index (χ2v) is 5.00. The van der Waals surface area contributed by atoms with E-state index in [4.69, 9.17) is 5.73 Å². The van der Waals surface area contributed by atoms with E-state index in [0.717, 1.165) is 11.6 Å². The molecular weight excluding hydrogens is 226 g/mol. The van der Waals surface area contributed by atoms with Crippen molar-refractivity contribution in [2.75, 3.05) is 5.32 Å². The molecule has 1 aliphatic rings. The lowest BCUT2D eigenvalue weighted by Crippen LogP contribution is -2.31. The SMILES string of the molecule is CCC1CCCCC1Nc1ccnc(C(N)=O)c1. The summed E-state index contributed by atoms with van der Waals surface area (Å²) in [6.45, 7) is 2.24. The first-order valence-corrected chi connectivity index (χ1v) is 6.73. The molecule has 1 saturated carbocycles. The van der Waals surface area contributed by atoms with Gasteiger partial charge in [0.1, 0.15) is 5.69 Å². The van der Waals surface area contributed by atoms with Crippen LogP contribution in [0.3, 0.4) is 0 Å². The van der Waals surface area contributed by atoms with E-state index in [0.29, 0.717) is 11.7 Å². The molecule has 4 nitrogen and oxygen atoms in total. The Balaban J connectivity index is 2.07. The van der Waals surface area contributed by atoms with Gasteiger partial charge in [0.2, 0.25) is 0 Å². The summed E-state index contributed by atoms with van der Waals surface area (Å²) in [5.74, 6) is 0.248. The van der Waals surface area contributed by atoms with Gasteiger partial charge in [0.05, 0.1) is 0 Å². The van der Waals surface area contributed by atoms with E-state index in [1.54, 1.807) is 12.3 Å². The van der Waals surface area contributed by atoms with Crippen LogP contribution in [0.5, 0.6) is 0 Å². The molecule has 98 valence electrons. The normalized spacial score (nSPS) is 23.6. The third-order valence-corrected chi connectivity index (χ3v) is 3.80. The highest BCUT2D eigenvalue weighted by molar-refractivity contribution is 5.91. The van der Waals surface area contributed by atoms with Crippen molar-refractivity contribution in [3.8, 4) is 0 Å². The number of pyridine rings is 1. The van der Waals surface area contributed by atoms with Crippen LogP contribution in [0.2, 0.25) is 0 Å². The zero-order valence-corrected chi connectivity index (χ0v) is 10.9. The summed E-state index contributed by atoms with van der Waals surface area (Å²) < 4.78 is 0. The van der Waals surface area contributed by atoms with Crippen molar-refractivity contribution in [3.05, 3.63) is 24.0 Å². The molecule has 18 heavy (non-hydrogen) atoms. The average Bonchev–Trinajstić information content (AvgIpc) is 2.39. The topological polar surface area (TPSA) is 68.0 Å². The number of anilines is 1. The number of nitrogens with two attached hydrogens (primary N) is 1. The van der Waals surface area contributed by atoms with Crippen molar-refractivity contribution in [3.63, 3.8) is 0 Å². The molecule has 1 fully saturated rings. The number of aromatic nitrogens is 1. The van der Waals surface area contributed by atoms with Crippen molar-refractivity contribution in [2.24, 2.45) is 11.7 Å². The van der Waals surface area contributed by atoms with Gasteiger partial charge in [0.25, 0.3) is 5.91 Å². The summed E-state index contributed by atoms with van der Waals surface area (Å²) >= 11 is 0. The van der Waals surface area contributed by atoms with Gasteiger partial charge in [-0.3, -0.25) is 9.78 Å². The molecule has 0 spiro atoms. The second kappa shape index (κ2) is 5.85. The highest BCUT2D eigenvalue weighted by atomic mass is 16.1. The van der Waals surface area contributed by atoms with Crippen molar-refractivity contribution in [1.82, 2.24) is 4.98 Å². The predicted octanol–water partition coefficient (Wildman–Crippen LogP) is 2.56. The fourth-order valence-corrected chi connectivity index (χ4v) is 2.76. The van der Waals surface area contributed by atoms with Crippen LogP contribution in [-0.4, -0.2) is 16.9 Å². The number of amides is 1. The molecule has 0 aliphatic heterocycles. The smallest absolute Gasteiger partial charge is 0.267 e. The number of nitrogens with one attached hydrogen (secondary N) is 1. The van der Waals surface area contributed by atoms with Gasteiger partial charge < -0.3 is 11.1 Å². The minimum absolute atomic E-state index is 0.323. The van der Waals surface area contributed by atoms with Gasteiger partial charge in [0.15, 0.2) is 0 Å². The summed E-state index contributed by atoms with van der Waals surface area (Å²) in [6.07, 6.45) is 7.94. The zero-order chi connectivity index (χ0) is 13.0. The maximum atomic E-state index is 11.1. The molecule has 3 N–H and O–H groups in total. The molecule has 0 aromatic carbocycles. The highest BCUT2D eigenvalue weighted by Gasteiger charge is 2.23. The van der Waals surface area contributed by atoms with E-state index in [1.165, 1.54) is 32.1 Å². The Morgan fingerprint density at radius 2 is 2.28 bits per heavy atom. The number of carbonyl (C=O) groups is 1. The maximum absolute atomic E-state index is 11.1. The number of hydrogen-bond donors (Lipinski definition) is 2. The Kier molecular flexibility index (Phi) is 4.18. The fourth-order valence-electron chi connectivity index (χ4n) is 2.76. The van der Waals surface area contributed by atoms with Crippen molar-refractivity contribution < 1.29 is 4.79 Å². The predicted molar refractivity (Wildman–Crippen MR) is 72.4 cm³/mol. The molecule has 1 aromatic heterocycles. The molecule has 0 bridgehead atoms. The number of rotatable bonds is 4. The van der Waals surface area contributed by atoms with E-state index in [1.807, 2.05) is 6.07 Å². The Bertz CT molecular complexity index is 419. The summed E-state index contributed by atoms with van der Waals surface area (Å²) in [6, 6.07) is 4.14. The lowest BCUT2D eigenvalue weighted by Gasteiger charge is -2.32. The molecule has 1 amide bonds. The average molecular weight is 247 g/mol. The van der Waals surface area contributed by atoms with Crippen LogP contribution in [0, 0.1) is 5.92 Å². The number of carbonyl (C=O) groups excluding carboxylic acids is 1. The lowest BCUT2D eigenvalue weighted by atomic mass is 9.83. The zero-order valence-electron chi connectivity index (χ0n) is 10.9. The Hall–Kier alpha value is -1.58. The Morgan fingerprint density at radius 1 is 1.50 bits per heavy atom. The van der Waals surface area contributed by atoms with Crippen LogP contribution in [0.1, 0.15) is 49.5 Å². The first-order chi connectivity index (χ1) is 8.70. The largest absolute Gasteiger partial charge is 0.382 e. The maximum Gasteiger partial charge on any atom is 0.267 e. The number of nitrogens with zero attached hydrogens (tertiary/aromatic N) is 1. The summed E-state index contributed by atoms with van der Waals surface area (Å²) in [4.78, 5) is 15.1. The Morgan fingerprint density at radius 3 is 3.00 bits per heavy atom. The van der Waals surface area contributed by atoms with Gasteiger partial charge in [-0.15, -0.1) is 0 Å². The number of hydrogen-bond acceptors (Lipinski definition) is 3. The molecule has 1 heterocycles. The van der Waals surface area contributed by atoms with E-state index >= 15 is 0 Å². The first kappa shape index (κ1) is 12.9. The van der Waals surface area contributed by atoms with Gasteiger partial charge in [-0.05, 0) is 30.9 Å². The second-order valence-electron chi connectivity index (χ2n) is 5.00. The van der Waals surface area contributed by atoms with Crippen LogP contribution in [0.4, 0.5) is 5.69 Å². The van der Waals surface area contributed by atoms with Crippen molar-refractivity contribution >= 4 is 11.6 Å². The molecular formula is C14H21N3O. The summed E-state index contributed by atoms with van der Waals surface area (Å²) in [5.41, 5.74) is 6.51. The van der Waals surface area contributed by atoms with Gasteiger partial charge in [-0.25, -0.2) is 0 Å². The molecule has 2 atom stereocenters. The quantitative estimate of drug-likeness (QED) is 0.859. The third-order valence-electron chi connectivity index (χ3n) is 3.80. The van der Waals surface area contributed by atoms with Crippen LogP contribution < -0.4 is 11.1 Å².